The van der Waals surface area contributed by atoms with Crippen LogP contribution in [0.2, 0.25) is 0 Å². The Balaban J connectivity index is 3.07. The molecule has 1 rings (SSSR count). The first-order valence-corrected chi connectivity index (χ1v) is 6.83. The Morgan fingerprint density at radius 3 is 2.45 bits per heavy atom. The number of aliphatic hydroxyl groups is 5. The molecule has 128 valence electrons. The highest BCUT2D eigenvalue weighted by Gasteiger charge is 2.53. The molecule has 0 bridgehead atoms. The van der Waals surface area contributed by atoms with Crippen molar-refractivity contribution in [3.63, 3.8) is 0 Å². The second kappa shape index (κ2) is 7.51. The van der Waals surface area contributed by atoms with Gasteiger partial charge in [0.05, 0.1) is 18.8 Å². The zero-order valence-corrected chi connectivity index (χ0v) is 12.0. The van der Waals surface area contributed by atoms with Gasteiger partial charge in [0.25, 0.3) is 5.79 Å². The van der Waals surface area contributed by atoms with E-state index < -0.39 is 67.0 Å². The molecule has 1 fully saturated rings. The zero-order chi connectivity index (χ0) is 17.1. The first kappa shape index (κ1) is 19.0. The third-order valence-corrected chi connectivity index (χ3v) is 3.53. The Kier molecular flexibility index (Phi) is 6.50. The van der Waals surface area contributed by atoms with Crippen LogP contribution in [-0.2, 0) is 14.3 Å². The van der Waals surface area contributed by atoms with E-state index in [-0.39, 0.29) is 0 Å². The molecular weight excluding hydrogens is 326 g/mol. The Bertz CT molecular complexity index is 422. The average Bonchev–Trinajstić information content (AvgIpc) is 2.47. The lowest BCUT2D eigenvalue weighted by Crippen LogP contribution is -2.67. The third-order valence-electron chi connectivity index (χ3n) is 3.29. The molecule has 1 amide bonds. The highest BCUT2D eigenvalue weighted by Crippen LogP contribution is 2.30. The van der Waals surface area contributed by atoms with Gasteiger partial charge >= 0.3 is 5.97 Å². The van der Waals surface area contributed by atoms with Gasteiger partial charge in [0.1, 0.15) is 24.2 Å². The number of alkyl halides is 1. The van der Waals surface area contributed by atoms with Crippen LogP contribution in [0.4, 0.5) is 0 Å². The summed E-state index contributed by atoms with van der Waals surface area (Å²) in [6, 6.07) is -1.35. The van der Waals surface area contributed by atoms with E-state index in [9.17, 15) is 30.0 Å². The van der Waals surface area contributed by atoms with E-state index in [2.05, 4.69) is 5.32 Å². The van der Waals surface area contributed by atoms with E-state index in [1.165, 1.54) is 0 Å². The fourth-order valence-electron chi connectivity index (χ4n) is 2.13. The normalized spacial score (nSPS) is 34.7. The molecule has 0 spiro atoms. The highest BCUT2D eigenvalue weighted by molar-refractivity contribution is 6.27. The van der Waals surface area contributed by atoms with E-state index >= 15 is 0 Å². The summed E-state index contributed by atoms with van der Waals surface area (Å²) in [4.78, 5) is 22.4. The minimum absolute atomic E-state index is 0.474. The number of carbonyl (C=O) groups is 2. The van der Waals surface area contributed by atoms with Gasteiger partial charge in [0, 0.05) is 6.42 Å². The summed E-state index contributed by atoms with van der Waals surface area (Å²) in [7, 11) is 0. The molecule has 11 heteroatoms. The molecule has 10 nitrogen and oxygen atoms in total. The summed E-state index contributed by atoms with van der Waals surface area (Å²) in [6.45, 7) is -0.890. The highest BCUT2D eigenvalue weighted by atomic mass is 35.5. The quantitative estimate of drug-likeness (QED) is 0.239. The molecule has 22 heavy (non-hydrogen) atoms. The lowest BCUT2D eigenvalue weighted by molar-refractivity contribution is -0.295. The van der Waals surface area contributed by atoms with Gasteiger partial charge < -0.3 is 40.7 Å². The third kappa shape index (κ3) is 4.04. The molecule has 1 aliphatic rings. The monoisotopic (exact) mass is 343 g/mol. The number of aliphatic carboxylic acids is 1. The van der Waals surface area contributed by atoms with E-state index in [0.29, 0.717) is 0 Å². The standard InChI is InChI=1S/C11H18ClNO9/c12-2-6(17)13-7-4(15)1-11(21,10(19)20)22-9(7)8(18)5(16)3-14/h4-5,7-9,14-16,18,21H,1-3H2,(H,13,17)(H,19,20)/t4-,5+,7+,8+,9+,11?/m0/s1. The van der Waals surface area contributed by atoms with Gasteiger partial charge in [-0.25, -0.2) is 4.79 Å². The number of amides is 1. The summed E-state index contributed by atoms with van der Waals surface area (Å²) >= 11 is 5.31. The predicted octanol–water partition coefficient (Wildman–Crippen LogP) is -3.65. The number of carboxylic acid groups (broad SMARTS) is 1. The van der Waals surface area contributed by atoms with Crippen LogP contribution >= 0.6 is 11.6 Å². The number of rotatable bonds is 6. The summed E-state index contributed by atoms with van der Waals surface area (Å²) in [5.74, 6) is -5.85. The van der Waals surface area contributed by atoms with Crippen molar-refractivity contribution in [3.8, 4) is 0 Å². The lowest BCUT2D eigenvalue weighted by atomic mass is 9.88. The number of ether oxygens (including phenoxy) is 1. The number of halogens is 1. The molecule has 0 radical (unpaired) electrons. The van der Waals surface area contributed by atoms with Gasteiger partial charge in [-0.1, -0.05) is 0 Å². The molecule has 0 aromatic carbocycles. The number of hydrogen-bond donors (Lipinski definition) is 7. The van der Waals surface area contributed by atoms with Crippen molar-refractivity contribution in [2.24, 2.45) is 0 Å². The first-order chi connectivity index (χ1) is 10.2. The molecule has 0 aromatic rings. The summed E-state index contributed by atoms with van der Waals surface area (Å²) in [5, 5.41) is 59.1. The van der Waals surface area contributed by atoms with Crippen molar-refractivity contribution < 1.29 is 45.0 Å². The SMILES string of the molecule is O=C(CCl)N[C@H]1[C@H]([C@H](O)[C@H](O)CO)OC(O)(C(=O)O)C[C@@H]1O. The molecule has 1 unspecified atom stereocenters. The second-order valence-electron chi connectivity index (χ2n) is 4.91. The van der Waals surface area contributed by atoms with E-state index in [1.54, 1.807) is 0 Å². The van der Waals surface area contributed by atoms with Crippen LogP contribution in [0, 0.1) is 0 Å². The van der Waals surface area contributed by atoms with Crippen molar-refractivity contribution in [3.05, 3.63) is 0 Å². The predicted molar refractivity (Wildman–Crippen MR) is 69.8 cm³/mol. The minimum Gasteiger partial charge on any atom is -0.477 e. The largest absolute Gasteiger partial charge is 0.477 e. The maximum Gasteiger partial charge on any atom is 0.364 e. The number of nitrogens with one attached hydrogen (secondary N) is 1. The molecule has 1 saturated heterocycles. The topological polar surface area (TPSA) is 177 Å². The molecule has 1 aliphatic heterocycles. The van der Waals surface area contributed by atoms with Crippen molar-refractivity contribution >= 4 is 23.5 Å². The Labute approximate surface area is 129 Å². The van der Waals surface area contributed by atoms with Crippen LogP contribution in [-0.4, -0.2) is 91.2 Å². The smallest absolute Gasteiger partial charge is 0.364 e. The maximum absolute atomic E-state index is 11.3. The van der Waals surface area contributed by atoms with Crippen LogP contribution in [0.3, 0.4) is 0 Å². The van der Waals surface area contributed by atoms with Crippen LogP contribution in [0.15, 0.2) is 0 Å². The molecule has 0 aliphatic carbocycles. The van der Waals surface area contributed by atoms with E-state index in [4.69, 9.17) is 26.6 Å². The number of carbonyl (C=O) groups excluding carboxylic acids is 1. The van der Waals surface area contributed by atoms with Crippen molar-refractivity contribution in [2.75, 3.05) is 12.5 Å². The minimum atomic E-state index is -2.82. The van der Waals surface area contributed by atoms with Crippen LogP contribution in [0.25, 0.3) is 0 Å². The molecule has 7 N–H and O–H groups in total. The molecule has 0 saturated carbocycles. The zero-order valence-electron chi connectivity index (χ0n) is 11.3. The van der Waals surface area contributed by atoms with E-state index in [1.807, 2.05) is 0 Å². The Morgan fingerprint density at radius 1 is 1.41 bits per heavy atom. The van der Waals surface area contributed by atoms with Gasteiger partial charge in [-0.05, 0) is 0 Å². The molecule has 0 aromatic heterocycles. The van der Waals surface area contributed by atoms with Crippen LogP contribution in [0.5, 0.6) is 0 Å². The fraction of sp³-hybridized carbons (Fsp3) is 0.818. The first-order valence-electron chi connectivity index (χ1n) is 6.30. The molecule has 6 atom stereocenters. The maximum atomic E-state index is 11.3. The van der Waals surface area contributed by atoms with Gasteiger partial charge in [0.2, 0.25) is 5.91 Å². The number of aliphatic hydroxyl groups excluding tert-OH is 4. The van der Waals surface area contributed by atoms with E-state index in [0.717, 1.165) is 0 Å². The lowest BCUT2D eigenvalue weighted by Gasteiger charge is -2.44. The van der Waals surface area contributed by atoms with Crippen molar-refractivity contribution in [1.82, 2.24) is 5.32 Å². The molecule has 1 heterocycles. The Hall–Kier alpha value is -1.01. The molecular formula is C11H18ClNO9. The summed E-state index contributed by atoms with van der Waals surface area (Å²) < 4.78 is 4.87. The van der Waals surface area contributed by atoms with Gasteiger partial charge in [-0.15, -0.1) is 11.6 Å². The van der Waals surface area contributed by atoms with Gasteiger partial charge in [-0.3, -0.25) is 4.79 Å². The second-order valence-corrected chi connectivity index (χ2v) is 5.18. The van der Waals surface area contributed by atoms with Crippen molar-refractivity contribution in [1.29, 1.82) is 0 Å². The number of carboxylic acids is 1. The average molecular weight is 344 g/mol. The van der Waals surface area contributed by atoms with Gasteiger partial charge in [0.15, 0.2) is 0 Å². The van der Waals surface area contributed by atoms with Crippen LogP contribution in [0.1, 0.15) is 6.42 Å². The Morgan fingerprint density at radius 2 is 2.00 bits per heavy atom. The summed E-state index contributed by atoms with van der Waals surface area (Å²) in [5.41, 5.74) is 0. The number of hydrogen-bond acceptors (Lipinski definition) is 8. The van der Waals surface area contributed by atoms with Crippen LogP contribution < -0.4 is 5.32 Å². The van der Waals surface area contributed by atoms with Gasteiger partial charge in [-0.2, -0.15) is 0 Å². The van der Waals surface area contributed by atoms with Crippen molar-refractivity contribution in [2.45, 2.75) is 42.7 Å². The summed E-state index contributed by atoms with van der Waals surface area (Å²) in [6.07, 6.45) is -7.71. The fourth-order valence-corrected chi connectivity index (χ4v) is 2.20.